The van der Waals surface area contributed by atoms with E-state index in [-0.39, 0.29) is 11.9 Å². The Morgan fingerprint density at radius 1 is 1.32 bits per heavy atom. The van der Waals surface area contributed by atoms with Crippen molar-refractivity contribution in [3.05, 3.63) is 58.3 Å². The lowest BCUT2D eigenvalue weighted by Crippen LogP contribution is -2.49. The van der Waals surface area contributed by atoms with E-state index in [2.05, 4.69) is 5.32 Å². The fourth-order valence-electron chi connectivity index (χ4n) is 1.87. The fraction of sp³-hybridized carbons (Fsp3) is 0.267. The van der Waals surface area contributed by atoms with Crippen molar-refractivity contribution in [3.8, 4) is 0 Å². The van der Waals surface area contributed by atoms with Crippen LogP contribution >= 0.6 is 11.3 Å². The van der Waals surface area contributed by atoms with Crippen molar-refractivity contribution >= 4 is 17.2 Å². The van der Waals surface area contributed by atoms with Gasteiger partial charge in [0.25, 0.3) is 0 Å². The van der Waals surface area contributed by atoms with Crippen LogP contribution in [0.5, 0.6) is 0 Å². The first-order valence-corrected chi connectivity index (χ1v) is 7.13. The molecule has 3 nitrogen and oxygen atoms in total. The molecule has 0 saturated carbocycles. The first kappa shape index (κ1) is 13.8. The number of carbonyl (C=O) groups excluding carboxylic acids is 1. The smallest absolute Gasteiger partial charge is 0.244 e. The summed E-state index contributed by atoms with van der Waals surface area (Å²) in [7, 11) is 0. The van der Waals surface area contributed by atoms with E-state index in [1.54, 1.807) is 18.3 Å². The molecule has 4 heteroatoms. The highest BCUT2D eigenvalue weighted by Crippen LogP contribution is 2.21. The van der Waals surface area contributed by atoms with Crippen LogP contribution in [0.2, 0.25) is 0 Å². The zero-order valence-electron chi connectivity index (χ0n) is 11.1. The molecule has 1 aromatic heterocycles. The summed E-state index contributed by atoms with van der Waals surface area (Å²) < 4.78 is 0. The van der Waals surface area contributed by atoms with E-state index in [1.165, 1.54) is 0 Å². The molecule has 2 rings (SSSR count). The number of hydrogen-bond donors (Lipinski definition) is 2. The highest BCUT2D eigenvalue weighted by atomic mass is 32.1. The largest absolute Gasteiger partial charge is 0.348 e. The lowest BCUT2D eigenvalue weighted by Gasteiger charge is -2.26. The number of nitrogens with two attached hydrogens (primary N) is 1. The van der Waals surface area contributed by atoms with Crippen LogP contribution < -0.4 is 11.1 Å². The van der Waals surface area contributed by atoms with Crippen LogP contribution in [0.1, 0.15) is 31.0 Å². The normalized spacial score (nSPS) is 15.5. The second kappa shape index (κ2) is 5.55. The average Bonchev–Trinajstić information content (AvgIpc) is 2.93. The molecule has 0 saturated heterocycles. The van der Waals surface area contributed by atoms with Crippen molar-refractivity contribution in [2.24, 2.45) is 5.73 Å². The minimum Gasteiger partial charge on any atom is -0.348 e. The molecule has 0 spiro atoms. The predicted molar refractivity (Wildman–Crippen MR) is 78.9 cm³/mol. The van der Waals surface area contributed by atoms with Gasteiger partial charge in [0, 0.05) is 0 Å². The molecule has 0 radical (unpaired) electrons. The quantitative estimate of drug-likeness (QED) is 0.900. The monoisotopic (exact) mass is 274 g/mol. The highest BCUT2D eigenvalue weighted by Gasteiger charge is 2.31. The molecule has 2 atom stereocenters. The molecule has 0 fully saturated rings. The third-order valence-corrected chi connectivity index (χ3v) is 3.94. The lowest BCUT2D eigenvalue weighted by atomic mass is 9.92. The van der Waals surface area contributed by atoms with Gasteiger partial charge in [0.2, 0.25) is 5.91 Å². The van der Waals surface area contributed by atoms with Crippen LogP contribution in [-0.4, -0.2) is 5.91 Å². The highest BCUT2D eigenvalue weighted by molar-refractivity contribution is 7.07. The van der Waals surface area contributed by atoms with Crippen LogP contribution in [0.4, 0.5) is 0 Å². The Kier molecular flexibility index (Phi) is 4.02. The zero-order chi connectivity index (χ0) is 13.9. The molecule has 0 aliphatic rings. The van der Waals surface area contributed by atoms with E-state index < -0.39 is 5.54 Å². The summed E-state index contributed by atoms with van der Waals surface area (Å²) in [5.74, 6) is -0.169. The maximum atomic E-state index is 12.3. The van der Waals surface area contributed by atoms with E-state index in [0.29, 0.717) is 0 Å². The number of nitrogens with one attached hydrogen (secondary N) is 1. The van der Waals surface area contributed by atoms with Crippen LogP contribution in [0.3, 0.4) is 0 Å². The number of benzene rings is 1. The summed E-state index contributed by atoms with van der Waals surface area (Å²) in [5.41, 5.74) is 7.06. The van der Waals surface area contributed by atoms with Crippen molar-refractivity contribution in [2.75, 3.05) is 0 Å². The second-order valence-corrected chi connectivity index (χ2v) is 5.60. The zero-order valence-corrected chi connectivity index (χ0v) is 11.9. The molecule has 0 aliphatic carbocycles. The van der Waals surface area contributed by atoms with E-state index in [1.807, 2.05) is 54.1 Å². The van der Waals surface area contributed by atoms with Crippen LogP contribution in [-0.2, 0) is 10.3 Å². The summed E-state index contributed by atoms with van der Waals surface area (Å²) in [6, 6.07) is 11.4. The number of rotatable bonds is 4. The summed E-state index contributed by atoms with van der Waals surface area (Å²) in [5, 5.41) is 6.99. The predicted octanol–water partition coefficient (Wildman–Crippen LogP) is 2.80. The van der Waals surface area contributed by atoms with Gasteiger partial charge in [-0.1, -0.05) is 30.3 Å². The van der Waals surface area contributed by atoms with Crippen LogP contribution in [0.25, 0.3) is 0 Å². The Hall–Kier alpha value is -1.65. The first-order valence-electron chi connectivity index (χ1n) is 6.19. The standard InChI is InChI=1S/C15H18N2OS/c1-11(12-8-9-19-10-12)17-14(18)15(2,16)13-6-4-3-5-7-13/h3-11H,16H2,1-2H3,(H,17,18). The Bertz CT molecular complexity index is 535. The maximum Gasteiger partial charge on any atom is 0.244 e. The SMILES string of the molecule is CC(NC(=O)C(C)(N)c1ccccc1)c1ccsc1. The van der Waals surface area contributed by atoms with Gasteiger partial charge in [0.15, 0.2) is 0 Å². The number of carbonyl (C=O) groups is 1. The summed E-state index contributed by atoms with van der Waals surface area (Å²) in [6.07, 6.45) is 0. The Labute approximate surface area is 117 Å². The third-order valence-electron chi connectivity index (χ3n) is 3.24. The van der Waals surface area contributed by atoms with Crippen molar-refractivity contribution in [1.29, 1.82) is 0 Å². The van der Waals surface area contributed by atoms with Crippen molar-refractivity contribution < 1.29 is 4.79 Å². The summed E-state index contributed by atoms with van der Waals surface area (Å²) in [4.78, 5) is 12.3. The maximum absolute atomic E-state index is 12.3. The average molecular weight is 274 g/mol. The first-order chi connectivity index (χ1) is 9.01. The van der Waals surface area contributed by atoms with E-state index in [9.17, 15) is 4.79 Å². The van der Waals surface area contributed by atoms with E-state index >= 15 is 0 Å². The van der Waals surface area contributed by atoms with Gasteiger partial charge in [0.1, 0.15) is 5.54 Å². The molecular formula is C15H18N2OS. The fourth-order valence-corrected chi connectivity index (χ4v) is 2.62. The molecule has 19 heavy (non-hydrogen) atoms. The summed E-state index contributed by atoms with van der Waals surface area (Å²) >= 11 is 1.62. The topological polar surface area (TPSA) is 55.1 Å². The summed E-state index contributed by atoms with van der Waals surface area (Å²) in [6.45, 7) is 3.69. The van der Waals surface area contributed by atoms with E-state index in [4.69, 9.17) is 5.73 Å². The molecule has 1 amide bonds. The van der Waals surface area contributed by atoms with Gasteiger partial charge in [-0.15, -0.1) is 0 Å². The molecule has 2 unspecified atom stereocenters. The van der Waals surface area contributed by atoms with Gasteiger partial charge in [0.05, 0.1) is 6.04 Å². The number of amides is 1. The van der Waals surface area contributed by atoms with Gasteiger partial charge >= 0.3 is 0 Å². The molecule has 1 heterocycles. The van der Waals surface area contributed by atoms with Crippen molar-refractivity contribution in [1.82, 2.24) is 5.32 Å². The Balaban J connectivity index is 2.11. The Morgan fingerprint density at radius 2 is 2.00 bits per heavy atom. The van der Waals surface area contributed by atoms with Gasteiger partial charge in [-0.2, -0.15) is 11.3 Å². The molecule has 100 valence electrons. The van der Waals surface area contributed by atoms with Gasteiger partial charge < -0.3 is 11.1 Å². The molecule has 3 N–H and O–H groups in total. The van der Waals surface area contributed by atoms with Crippen LogP contribution in [0.15, 0.2) is 47.2 Å². The number of thiophene rings is 1. The van der Waals surface area contributed by atoms with Crippen molar-refractivity contribution in [3.63, 3.8) is 0 Å². The molecule has 1 aromatic carbocycles. The minimum absolute atomic E-state index is 0.0367. The van der Waals surface area contributed by atoms with Gasteiger partial charge in [-0.25, -0.2) is 0 Å². The van der Waals surface area contributed by atoms with Gasteiger partial charge in [-0.05, 0) is 41.8 Å². The molecular weight excluding hydrogens is 256 g/mol. The van der Waals surface area contributed by atoms with E-state index in [0.717, 1.165) is 11.1 Å². The third kappa shape index (κ3) is 3.03. The lowest BCUT2D eigenvalue weighted by molar-refractivity contribution is -0.126. The molecule has 0 aliphatic heterocycles. The number of hydrogen-bond acceptors (Lipinski definition) is 3. The van der Waals surface area contributed by atoms with Gasteiger partial charge in [-0.3, -0.25) is 4.79 Å². The minimum atomic E-state index is -1.02. The molecule has 0 bridgehead atoms. The Morgan fingerprint density at radius 3 is 2.58 bits per heavy atom. The second-order valence-electron chi connectivity index (χ2n) is 4.82. The van der Waals surface area contributed by atoms with Crippen molar-refractivity contribution in [2.45, 2.75) is 25.4 Å². The molecule has 2 aromatic rings. The van der Waals surface area contributed by atoms with Crippen LogP contribution in [0, 0.1) is 0 Å².